The Bertz CT molecular complexity index is 1310. The Kier molecular flexibility index (Phi) is 7.66. The normalized spacial score (nSPS) is 11.6. The van der Waals surface area contributed by atoms with Crippen LogP contribution in [-0.2, 0) is 16.4 Å². The summed E-state index contributed by atoms with van der Waals surface area (Å²) < 4.78 is 33.5. The second-order valence-corrected chi connectivity index (χ2v) is 10.9. The summed E-state index contributed by atoms with van der Waals surface area (Å²) in [4.78, 5) is 0.237. The molecular formula is C25H26N4O3S2. The highest BCUT2D eigenvalue weighted by Gasteiger charge is 2.17. The lowest BCUT2D eigenvalue weighted by atomic mass is 10.1. The van der Waals surface area contributed by atoms with Crippen LogP contribution in [0.3, 0.4) is 0 Å². The standard InChI is InChI=1S/C25H26N4O3S2/c1-28(2)34(30,31)23-15-13-22(14-16-23)32-17-18-33-25-27-26-24(19-20-9-5-3-6-10-20)29(25)21-11-7-4-8-12-21/h3-16H,17-19H2,1-2H3. The molecule has 34 heavy (non-hydrogen) atoms. The third-order valence-electron chi connectivity index (χ3n) is 5.11. The minimum atomic E-state index is -3.45. The van der Waals surface area contributed by atoms with E-state index in [1.807, 2.05) is 48.5 Å². The van der Waals surface area contributed by atoms with Crippen LogP contribution in [0.2, 0.25) is 0 Å². The molecule has 0 saturated heterocycles. The number of aromatic nitrogens is 3. The van der Waals surface area contributed by atoms with Crippen molar-refractivity contribution in [3.63, 3.8) is 0 Å². The zero-order chi connectivity index (χ0) is 24.0. The number of benzene rings is 3. The van der Waals surface area contributed by atoms with Crippen LogP contribution in [0.5, 0.6) is 5.75 Å². The van der Waals surface area contributed by atoms with Crippen LogP contribution in [0.4, 0.5) is 0 Å². The monoisotopic (exact) mass is 494 g/mol. The third kappa shape index (κ3) is 5.67. The molecule has 0 saturated carbocycles. The molecule has 1 aromatic heterocycles. The van der Waals surface area contributed by atoms with Crippen molar-refractivity contribution >= 4 is 21.8 Å². The summed E-state index contributed by atoms with van der Waals surface area (Å²) in [5.74, 6) is 2.15. The van der Waals surface area contributed by atoms with Gasteiger partial charge in [-0.05, 0) is 42.0 Å². The summed E-state index contributed by atoms with van der Waals surface area (Å²) in [6.45, 7) is 0.445. The van der Waals surface area contributed by atoms with Crippen molar-refractivity contribution in [3.05, 3.63) is 96.3 Å². The van der Waals surface area contributed by atoms with E-state index in [-0.39, 0.29) is 4.90 Å². The molecule has 0 atom stereocenters. The van der Waals surface area contributed by atoms with E-state index in [1.54, 1.807) is 36.0 Å². The summed E-state index contributed by atoms with van der Waals surface area (Å²) in [5.41, 5.74) is 2.19. The van der Waals surface area contributed by atoms with Crippen molar-refractivity contribution in [2.45, 2.75) is 16.5 Å². The van der Waals surface area contributed by atoms with Crippen molar-refractivity contribution in [3.8, 4) is 11.4 Å². The fraction of sp³-hybridized carbons (Fsp3) is 0.200. The van der Waals surface area contributed by atoms with Gasteiger partial charge in [-0.3, -0.25) is 4.57 Å². The Morgan fingerprint density at radius 3 is 2.18 bits per heavy atom. The number of para-hydroxylation sites is 1. The van der Waals surface area contributed by atoms with Gasteiger partial charge in [-0.2, -0.15) is 0 Å². The molecule has 0 N–H and O–H groups in total. The first-order valence-corrected chi connectivity index (χ1v) is 13.2. The number of hydrogen-bond acceptors (Lipinski definition) is 6. The molecule has 0 radical (unpaired) electrons. The highest BCUT2D eigenvalue weighted by atomic mass is 32.2. The van der Waals surface area contributed by atoms with Gasteiger partial charge in [0, 0.05) is 32.0 Å². The maximum Gasteiger partial charge on any atom is 0.242 e. The van der Waals surface area contributed by atoms with Crippen molar-refractivity contribution in [2.75, 3.05) is 26.5 Å². The Balaban J connectivity index is 1.42. The molecule has 0 fully saturated rings. The zero-order valence-electron chi connectivity index (χ0n) is 19.0. The molecule has 0 aliphatic carbocycles. The molecule has 176 valence electrons. The van der Waals surface area contributed by atoms with Crippen molar-refractivity contribution in [1.29, 1.82) is 0 Å². The zero-order valence-corrected chi connectivity index (χ0v) is 20.7. The predicted octanol–water partition coefficient (Wildman–Crippen LogP) is 4.28. The Hall–Kier alpha value is -3.14. The first kappa shape index (κ1) is 24.0. The number of sulfonamides is 1. The maximum atomic E-state index is 12.2. The third-order valence-corrected chi connectivity index (χ3v) is 7.83. The smallest absolute Gasteiger partial charge is 0.242 e. The molecule has 4 rings (SSSR count). The van der Waals surface area contributed by atoms with Gasteiger partial charge in [-0.15, -0.1) is 10.2 Å². The minimum Gasteiger partial charge on any atom is -0.493 e. The van der Waals surface area contributed by atoms with E-state index in [4.69, 9.17) is 4.74 Å². The van der Waals surface area contributed by atoms with Crippen LogP contribution >= 0.6 is 11.8 Å². The second kappa shape index (κ2) is 10.9. The average molecular weight is 495 g/mol. The molecule has 1 heterocycles. The fourth-order valence-corrected chi connectivity index (χ4v) is 5.02. The average Bonchev–Trinajstić information content (AvgIpc) is 3.25. The van der Waals surface area contributed by atoms with Crippen molar-refractivity contribution < 1.29 is 13.2 Å². The summed E-state index contributed by atoms with van der Waals surface area (Å²) >= 11 is 1.57. The topological polar surface area (TPSA) is 77.3 Å². The molecule has 4 aromatic rings. The number of rotatable bonds is 10. The van der Waals surface area contributed by atoms with Gasteiger partial charge < -0.3 is 4.74 Å². The first-order valence-electron chi connectivity index (χ1n) is 10.8. The molecule has 3 aromatic carbocycles. The molecule has 0 aliphatic heterocycles. The fourth-order valence-electron chi connectivity index (χ4n) is 3.33. The molecular weight excluding hydrogens is 468 g/mol. The van der Waals surface area contributed by atoms with E-state index in [9.17, 15) is 8.42 Å². The quantitative estimate of drug-likeness (QED) is 0.242. The van der Waals surface area contributed by atoms with Gasteiger partial charge in [0.1, 0.15) is 11.6 Å². The van der Waals surface area contributed by atoms with Crippen molar-refractivity contribution in [2.24, 2.45) is 0 Å². The lowest BCUT2D eigenvalue weighted by Crippen LogP contribution is -2.22. The van der Waals surface area contributed by atoms with Gasteiger partial charge in [-0.1, -0.05) is 60.3 Å². The predicted molar refractivity (Wildman–Crippen MR) is 134 cm³/mol. The molecule has 0 bridgehead atoms. The summed E-state index contributed by atoms with van der Waals surface area (Å²) in [5, 5.41) is 9.70. The molecule has 7 nitrogen and oxygen atoms in total. The van der Waals surface area contributed by atoms with Crippen LogP contribution in [0.1, 0.15) is 11.4 Å². The first-order chi connectivity index (χ1) is 16.4. The lowest BCUT2D eigenvalue weighted by molar-refractivity contribution is 0.343. The van der Waals surface area contributed by atoms with E-state index < -0.39 is 10.0 Å². The van der Waals surface area contributed by atoms with Crippen LogP contribution in [0, 0.1) is 0 Å². The Morgan fingerprint density at radius 2 is 1.53 bits per heavy atom. The van der Waals surface area contributed by atoms with Gasteiger partial charge in [-0.25, -0.2) is 12.7 Å². The summed E-state index contributed by atoms with van der Waals surface area (Å²) in [6, 6.07) is 26.7. The van der Waals surface area contributed by atoms with Crippen LogP contribution in [-0.4, -0.2) is 53.9 Å². The highest BCUT2D eigenvalue weighted by molar-refractivity contribution is 7.99. The van der Waals surface area contributed by atoms with Gasteiger partial charge in [0.15, 0.2) is 5.16 Å². The van der Waals surface area contributed by atoms with E-state index in [0.717, 1.165) is 16.7 Å². The van der Waals surface area contributed by atoms with Gasteiger partial charge in [0.25, 0.3) is 0 Å². The van der Waals surface area contributed by atoms with E-state index in [0.29, 0.717) is 24.5 Å². The molecule has 0 spiro atoms. The van der Waals surface area contributed by atoms with Crippen LogP contribution < -0.4 is 4.74 Å². The summed E-state index contributed by atoms with van der Waals surface area (Å²) in [7, 11) is -0.430. The van der Waals surface area contributed by atoms with Crippen molar-refractivity contribution in [1.82, 2.24) is 19.1 Å². The molecule has 0 unspecified atom stereocenters. The minimum absolute atomic E-state index is 0.237. The molecule has 9 heteroatoms. The molecule has 0 amide bonds. The van der Waals surface area contributed by atoms with E-state index >= 15 is 0 Å². The summed E-state index contributed by atoms with van der Waals surface area (Å²) in [6.07, 6.45) is 0.683. The number of nitrogens with zero attached hydrogens (tertiary/aromatic N) is 4. The van der Waals surface area contributed by atoms with Gasteiger partial charge in [0.2, 0.25) is 10.0 Å². The van der Waals surface area contributed by atoms with Gasteiger partial charge >= 0.3 is 0 Å². The van der Waals surface area contributed by atoms with E-state index in [2.05, 4.69) is 26.9 Å². The number of thioether (sulfide) groups is 1. The van der Waals surface area contributed by atoms with E-state index in [1.165, 1.54) is 24.0 Å². The lowest BCUT2D eigenvalue weighted by Gasteiger charge is -2.12. The largest absolute Gasteiger partial charge is 0.493 e. The SMILES string of the molecule is CN(C)S(=O)(=O)c1ccc(OCCSc2nnc(Cc3ccccc3)n2-c2ccccc2)cc1. The Morgan fingerprint density at radius 1 is 0.882 bits per heavy atom. The Labute approximate surface area is 204 Å². The van der Waals surface area contributed by atoms with Gasteiger partial charge in [0.05, 0.1) is 11.5 Å². The number of hydrogen-bond donors (Lipinski definition) is 0. The number of ether oxygens (including phenoxy) is 1. The van der Waals surface area contributed by atoms with Crippen LogP contribution in [0.15, 0.2) is 95.0 Å². The second-order valence-electron chi connectivity index (χ2n) is 7.69. The maximum absolute atomic E-state index is 12.2. The van der Waals surface area contributed by atoms with Crippen LogP contribution in [0.25, 0.3) is 5.69 Å². The molecule has 0 aliphatic rings. The highest BCUT2D eigenvalue weighted by Crippen LogP contribution is 2.24.